The van der Waals surface area contributed by atoms with Gasteiger partial charge in [-0.05, 0) is 30.9 Å². The highest BCUT2D eigenvalue weighted by molar-refractivity contribution is 5.23. The van der Waals surface area contributed by atoms with Crippen molar-refractivity contribution in [1.82, 2.24) is 4.90 Å². The highest BCUT2D eigenvalue weighted by atomic mass is 19.1. The first-order valence-electron chi connectivity index (χ1n) is 6.92. The molecule has 1 aromatic rings. The van der Waals surface area contributed by atoms with E-state index in [9.17, 15) is 8.78 Å². The van der Waals surface area contributed by atoms with E-state index in [0.29, 0.717) is 23.9 Å². The van der Waals surface area contributed by atoms with Gasteiger partial charge >= 0.3 is 0 Å². The van der Waals surface area contributed by atoms with Crippen molar-refractivity contribution in [2.75, 3.05) is 19.6 Å². The Bertz CT molecular complexity index is 434. The molecule has 2 nitrogen and oxygen atoms in total. The molecule has 2 rings (SSSR count). The molecular weight excluding hydrogens is 246 g/mol. The molecule has 1 aromatic carbocycles. The second-order valence-corrected chi connectivity index (χ2v) is 5.71. The van der Waals surface area contributed by atoms with Crippen LogP contribution in [0.25, 0.3) is 0 Å². The molecule has 106 valence electrons. The Morgan fingerprint density at radius 1 is 1.37 bits per heavy atom. The molecule has 0 aromatic heterocycles. The summed E-state index contributed by atoms with van der Waals surface area (Å²) >= 11 is 0. The van der Waals surface area contributed by atoms with Gasteiger partial charge in [-0.3, -0.25) is 4.90 Å². The highest BCUT2D eigenvalue weighted by Gasteiger charge is 2.31. The quantitative estimate of drug-likeness (QED) is 0.909. The van der Waals surface area contributed by atoms with Crippen molar-refractivity contribution in [3.8, 4) is 0 Å². The topological polar surface area (TPSA) is 29.3 Å². The smallest absolute Gasteiger partial charge is 0.130 e. The summed E-state index contributed by atoms with van der Waals surface area (Å²) in [6, 6.07) is 3.61. The molecule has 0 saturated carbocycles. The van der Waals surface area contributed by atoms with Crippen LogP contribution in [-0.2, 0) is 0 Å². The summed E-state index contributed by atoms with van der Waals surface area (Å²) < 4.78 is 26.8. The molecule has 1 heterocycles. The van der Waals surface area contributed by atoms with Crippen LogP contribution in [0.1, 0.15) is 31.9 Å². The van der Waals surface area contributed by atoms with Crippen LogP contribution in [0.2, 0.25) is 0 Å². The zero-order valence-electron chi connectivity index (χ0n) is 11.6. The maximum absolute atomic E-state index is 13.9. The number of likely N-dealkylation sites (tertiary alicyclic amines) is 1. The Balaban J connectivity index is 2.16. The number of nitrogens with zero attached hydrogens (tertiary/aromatic N) is 1. The normalized spacial score (nSPS) is 22.1. The molecule has 0 aliphatic carbocycles. The van der Waals surface area contributed by atoms with E-state index in [1.807, 2.05) is 0 Å². The maximum atomic E-state index is 13.9. The Labute approximate surface area is 113 Å². The second-order valence-electron chi connectivity index (χ2n) is 5.71. The van der Waals surface area contributed by atoms with Crippen LogP contribution in [0.15, 0.2) is 18.2 Å². The predicted octanol–water partition coefficient (Wildman–Crippen LogP) is 2.94. The number of rotatable bonds is 4. The lowest BCUT2D eigenvalue weighted by Crippen LogP contribution is -2.33. The molecule has 0 bridgehead atoms. The van der Waals surface area contributed by atoms with Gasteiger partial charge in [-0.2, -0.15) is 0 Å². The lowest BCUT2D eigenvalue weighted by molar-refractivity contribution is 0.227. The van der Waals surface area contributed by atoms with Gasteiger partial charge in [-0.1, -0.05) is 19.9 Å². The van der Waals surface area contributed by atoms with Crippen molar-refractivity contribution < 1.29 is 8.78 Å². The lowest BCUT2D eigenvalue weighted by Gasteiger charge is -2.28. The van der Waals surface area contributed by atoms with Crippen LogP contribution < -0.4 is 5.73 Å². The van der Waals surface area contributed by atoms with Gasteiger partial charge in [0.2, 0.25) is 0 Å². The van der Waals surface area contributed by atoms with Crippen molar-refractivity contribution in [3.63, 3.8) is 0 Å². The fourth-order valence-electron chi connectivity index (χ4n) is 2.89. The summed E-state index contributed by atoms with van der Waals surface area (Å²) in [5.74, 6) is 0.223. The number of halogens is 2. The zero-order valence-corrected chi connectivity index (χ0v) is 11.6. The second kappa shape index (κ2) is 5.97. The number of hydrogen-bond acceptors (Lipinski definition) is 2. The van der Waals surface area contributed by atoms with Gasteiger partial charge < -0.3 is 5.73 Å². The molecule has 19 heavy (non-hydrogen) atoms. The van der Waals surface area contributed by atoms with Crippen LogP contribution in [-0.4, -0.2) is 24.5 Å². The first kappa shape index (κ1) is 14.4. The Kier molecular flexibility index (Phi) is 4.53. The third-order valence-electron chi connectivity index (χ3n) is 4.18. The third kappa shape index (κ3) is 3.12. The molecule has 2 N–H and O–H groups in total. The van der Waals surface area contributed by atoms with E-state index in [-0.39, 0.29) is 6.04 Å². The fraction of sp³-hybridized carbons (Fsp3) is 0.600. The molecule has 4 heteroatoms. The van der Waals surface area contributed by atoms with E-state index >= 15 is 0 Å². The van der Waals surface area contributed by atoms with E-state index in [1.54, 1.807) is 0 Å². The molecular formula is C15H22F2N2. The first-order chi connectivity index (χ1) is 9.02. The number of benzene rings is 1. The summed E-state index contributed by atoms with van der Waals surface area (Å²) in [6.07, 6.45) is 1.12. The molecule has 0 amide bonds. The van der Waals surface area contributed by atoms with Crippen LogP contribution in [0.5, 0.6) is 0 Å². The van der Waals surface area contributed by atoms with Crippen LogP contribution in [0, 0.1) is 23.5 Å². The predicted molar refractivity (Wildman–Crippen MR) is 72.7 cm³/mol. The lowest BCUT2D eigenvalue weighted by atomic mass is 9.95. The first-order valence-corrected chi connectivity index (χ1v) is 6.92. The molecule has 1 aliphatic rings. The molecule has 1 fully saturated rings. The van der Waals surface area contributed by atoms with Crippen molar-refractivity contribution in [2.45, 2.75) is 26.3 Å². The molecule has 1 saturated heterocycles. The summed E-state index contributed by atoms with van der Waals surface area (Å²) in [5.41, 5.74) is 6.32. The SMILES string of the molecule is CC(C)C1CCN(C(CN)c2ccc(F)cc2F)C1. The van der Waals surface area contributed by atoms with Crippen LogP contribution in [0.3, 0.4) is 0 Å². The van der Waals surface area contributed by atoms with E-state index in [1.165, 1.54) is 12.1 Å². The number of hydrogen-bond donors (Lipinski definition) is 1. The van der Waals surface area contributed by atoms with Crippen molar-refractivity contribution in [3.05, 3.63) is 35.4 Å². The highest BCUT2D eigenvalue weighted by Crippen LogP contribution is 2.31. The molecule has 2 unspecified atom stereocenters. The summed E-state index contributed by atoms with van der Waals surface area (Å²) in [5, 5.41) is 0. The maximum Gasteiger partial charge on any atom is 0.130 e. The van der Waals surface area contributed by atoms with E-state index < -0.39 is 11.6 Å². The van der Waals surface area contributed by atoms with Gasteiger partial charge in [-0.15, -0.1) is 0 Å². The average Bonchev–Trinajstić information content (AvgIpc) is 2.82. The van der Waals surface area contributed by atoms with Gasteiger partial charge in [0.05, 0.1) is 0 Å². The van der Waals surface area contributed by atoms with Crippen molar-refractivity contribution in [1.29, 1.82) is 0 Å². The molecule has 0 radical (unpaired) electrons. The van der Waals surface area contributed by atoms with Gasteiger partial charge in [0.25, 0.3) is 0 Å². The minimum atomic E-state index is -0.543. The average molecular weight is 268 g/mol. The fourth-order valence-corrected chi connectivity index (χ4v) is 2.89. The van der Waals surface area contributed by atoms with E-state index in [2.05, 4.69) is 18.7 Å². The van der Waals surface area contributed by atoms with Gasteiger partial charge in [-0.25, -0.2) is 8.78 Å². The van der Waals surface area contributed by atoms with E-state index in [0.717, 1.165) is 25.6 Å². The Morgan fingerprint density at radius 2 is 2.11 bits per heavy atom. The minimum Gasteiger partial charge on any atom is -0.329 e. The standard InChI is InChI=1S/C15H22F2N2/c1-10(2)11-5-6-19(9-11)15(8-18)13-4-3-12(16)7-14(13)17/h3-4,7,10-11,15H,5-6,8-9,18H2,1-2H3. The van der Waals surface area contributed by atoms with Gasteiger partial charge in [0.1, 0.15) is 11.6 Å². The van der Waals surface area contributed by atoms with Crippen LogP contribution >= 0.6 is 0 Å². The Morgan fingerprint density at radius 3 is 2.63 bits per heavy atom. The summed E-state index contributed by atoms with van der Waals surface area (Å²) in [7, 11) is 0. The van der Waals surface area contributed by atoms with Crippen LogP contribution in [0.4, 0.5) is 8.78 Å². The zero-order chi connectivity index (χ0) is 14.0. The molecule has 2 atom stereocenters. The number of nitrogens with two attached hydrogens (primary N) is 1. The van der Waals surface area contributed by atoms with Gasteiger partial charge in [0.15, 0.2) is 0 Å². The third-order valence-corrected chi connectivity index (χ3v) is 4.18. The molecule has 1 aliphatic heterocycles. The Hall–Kier alpha value is -1.00. The largest absolute Gasteiger partial charge is 0.329 e. The van der Waals surface area contributed by atoms with Crippen molar-refractivity contribution >= 4 is 0 Å². The summed E-state index contributed by atoms with van der Waals surface area (Å²) in [4.78, 5) is 2.22. The minimum absolute atomic E-state index is 0.149. The van der Waals surface area contributed by atoms with Crippen molar-refractivity contribution in [2.24, 2.45) is 17.6 Å². The van der Waals surface area contributed by atoms with Gasteiger partial charge in [0, 0.05) is 30.8 Å². The molecule has 0 spiro atoms. The summed E-state index contributed by atoms with van der Waals surface area (Å²) in [6.45, 7) is 6.65. The monoisotopic (exact) mass is 268 g/mol. The van der Waals surface area contributed by atoms with E-state index in [4.69, 9.17) is 5.73 Å².